The Bertz CT molecular complexity index is 468. The summed E-state index contributed by atoms with van der Waals surface area (Å²) in [5.41, 5.74) is 2.27. The van der Waals surface area contributed by atoms with Gasteiger partial charge in [-0.25, -0.2) is 0 Å². The highest BCUT2D eigenvalue weighted by molar-refractivity contribution is 5.84. The fourth-order valence-electron chi connectivity index (χ4n) is 1.93. The summed E-state index contributed by atoms with van der Waals surface area (Å²) in [6.45, 7) is 2.78. The molecular weight excluding hydrogens is 164 g/mol. The number of ether oxygens (including phenoxy) is 1. The van der Waals surface area contributed by atoms with E-state index in [0.717, 1.165) is 30.1 Å². The molecule has 0 saturated heterocycles. The molecular formula is C11H10O2. The van der Waals surface area contributed by atoms with Gasteiger partial charge in [0.2, 0.25) is 0 Å². The number of rotatable bonds is 0. The minimum Gasteiger partial charge on any atom is -0.493 e. The zero-order valence-electron chi connectivity index (χ0n) is 7.46. The maximum Gasteiger partial charge on any atom is 0.134 e. The van der Waals surface area contributed by atoms with E-state index in [1.54, 1.807) is 0 Å². The molecule has 66 valence electrons. The Hall–Kier alpha value is -1.44. The second-order valence-corrected chi connectivity index (χ2v) is 3.41. The molecule has 0 saturated carbocycles. The van der Waals surface area contributed by atoms with E-state index in [2.05, 4.69) is 6.07 Å². The number of fused-ring (bicyclic) bond motifs is 3. The SMILES string of the molecule is Cc1cc2c3c(ccc2o1)OCC3. The van der Waals surface area contributed by atoms with E-state index in [9.17, 15) is 0 Å². The fraction of sp³-hybridized carbons (Fsp3) is 0.273. The molecule has 1 aliphatic rings. The first kappa shape index (κ1) is 7.01. The predicted octanol–water partition coefficient (Wildman–Crippen LogP) is 2.68. The van der Waals surface area contributed by atoms with Crippen LogP contribution in [0.1, 0.15) is 11.3 Å². The van der Waals surface area contributed by atoms with Crippen LogP contribution in [0, 0.1) is 6.92 Å². The Labute approximate surface area is 76.1 Å². The fourth-order valence-corrected chi connectivity index (χ4v) is 1.93. The number of furan rings is 1. The van der Waals surface area contributed by atoms with Gasteiger partial charge in [-0.2, -0.15) is 0 Å². The highest BCUT2D eigenvalue weighted by Gasteiger charge is 2.16. The Morgan fingerprint density at radius 1 is 1.31 bits per heavy atom. The van der Waals surface area contributed by atoms with Crippen LogP contribution in [0.4, 0.5) is 0 Å². The number of aryl methyl sites for hydroxylation is 1. The topological polar surface area (TPSA) is 22.4 Å². The molecule has 3 rings (SSSR count). The molecule has 0 aliphatic carbocycles. The molecule has 1 aromatic heterocycles. The Balaban J connectivity index is 2.42. The average Bonchev–Trinajstić information content (AvgIpc) is 2.65. The van der Waals surface area contributed by atoms with Crippen LogP contribution in [-0.4, -0.2) is 6.61 Å². The highest BCUT2D eigenvalue weighted by Crippen LogP contribution is 2.33. The van der Waals surface area contributed by atoms with Crippen LogP contribution in [0.2, 0.25) is 0 Å². The van der Waals surface area contributed by atoms with Crippen molar-refractivity contribution in [1.82, 2.24) is 0 Å². The van der Waals surface area contributed by atoms with Crippen molar-refractivity contribution in [3.63, 3.8) is 0 Å². The summed E-state index contributed by atoms with van der Waals surface area (Å²) in [7, 11) is 0. The van der Waals surface area contributed by atoms with Crippen LogP contribution >= 0.6 is 0 Å². The molecule has 2 heteroatoms. The van der Waals surface area contributed by atoms with Crippen molar-refractivity contribution in [3.8, 4) is 5.75 Å². The molecule has 0 unspecified atom stereocenters. The summed E-state index contributed by atoms with van der Waals surface area (Å²) in [5.74, 6) is 1.99. The standard InChI is InChI=1S/C11H10O2/c1-7-6-9-8-4-5-12-10(8)2-3-11(9)13-7/h2-3,6H,4-5H2,1H3. The van der Waals surface area contributed by atoms with Gasteiger partial charge in [0.15, 0.2) is 0 Å². The van der Waals surface area contributed by atoms with Gasteiger partial charge in [-0.1, -0.05) is 0 Å². The van der Waals surface area contributed by atoms with Crippen molar-refractivity contribution in [1.29, 1.82) is 0 Å². The van der Waals surface area contributed by atoms with Crippen molar-refractivity contribution in [2.45, 2.75) is 13.3 Å². The molecule has 1 aromatic carbocycles. The van der Waals surface area contributed by atoms with Crippen molar-refractivity contribution in [2.75, 3.05) is 6.61 Å². The van der Waals surface area contributed by atoms with Gasteiger partial charge in [0, 0.05) is 17.4 Å². The van der Waals surface area contributed by atoms with E-state index in [-0.39, 0.29) is 0 Å². The van der Waals surface area contributed by atoms with E-state index in [0.29, 0.717) is 0 Å². The predicted molar refractivity (Wildman–Crippen MR) is 50.2 cm³/mol. The molecule has 0 spiro atoms. The summed E-state index contributed by atoms with van der Waals surface area (Å²) in [5, 5.41) is 1.22. The van der Waals surface area contributed by atoms with Gasteiger partial charge in [0.05, 0.1) is 6.61 Å². The van der Waals surface area contributed by atoms with E-state index >= 15 is 0 Å². The third-order valence-corrected chi connectivity index (χ3v) is 2.50. The summed E-state index contributed by atoms with van der Waals surface area (Å²) in [4.78, 5) is 0. The quantitative estimate of drug-likeness (QED) is 0.612. The molecule has 2 aromatic rings. The Morgan fingerprint density at radius 3 is 3.15 bits per heavy atom. The first-order valence-corrected chi connectivity index (χ1v) is 4.49. The third-order valence-electron chi connectivity index (χ3n) is 2.50. The molecule has 2 nitrogen and oxygen atoms in total. The van der Waals surface area contributed by atoms with Crippen LogP contribution in [0.5, 0.6) is 5.75 Å². The maximum absolute atomic E-state index is 5.54. The lowest BCUT2D eigenvalue weighted by molar-refractivity contribution is 0.357. The maximum atomic E-state index is 5.54. The van der Waals surface area contributed by atoms with E-state index in [1.165, 1.54) is 10.9 Å². The van der Waals surface area contributed by atoms with Gasteiger partial charge in [0.25, 0.3) is 0 Å². The second-order valence-electron chi connectivity index (χ2n) is 3.41. The van der Waals surface area contributed by atoms with Crippen molar-refractivity contribution in [3.05, 3.63) is 29.5 Å². The third kappa shape index (κ3) is 0.886. The molecule has 13 heavy (non-hydrogen) atoms. The summed E-state index contributed by atoms with van der Waals surface area (Å²) in [6, 6.07) is 6.06. The van der Waals surface area contributed by atoms with Crippen LogP contribution in [0.25, 0.3) is 11.0 Å². The number of hydrogen-bond donors (Lipinski definition) is 0. The molecule has 0 atom stereocenters. The molecule has 0 radical (unpaired) electrons. The minimum atomic E-state index is 0.804. The van der Waals surface area contributed by atoms with Gasteiger partial charge < -0.3 is 9.15 Å². The number of hydrogen-bond acceptors (Lipinski definition) is 2. The second kappa shape index (κ2) is 2.28. The first-order chi connectivity index (χ1) is 6.34. The van der Waals surface area contributed by atoms with E-state index in [1.807, 2.05) is 19.1 Å². The lowest BCUT2D eigenvalue weighted by Gasteiger charge is -1.97. The van der Waals surface area contributed by atoms with Crippen LogP contribution in [0.3, 0.4) is 0 Å². The van der Waals surface area contributed by atoms with Gasteiger partial charge >= 0.3 is 0 Å². The molecule has 1 aliphatic heterocycles. The van der Waals surface area contributed by atoms with Gasteiger partial charge in [-0.05, 0) is 25.1 Å². The normalized spacial score (nSPS) is 14.5. The summed E-state index contributed by atoms with van der Waals surface area (Å²) >= 11 is 0. The largest absolute Gasteiger partial charge is 0.493 e. The van der Waals surface area contributed by atoms with Crippen molar-refractivity contribution < 1.29 is 9.15 Å². The van der Waals surface area contributed by atoms with Crippen molar-refractivity contribution in [2.24, 2.45) is 0 Å². The van der Waals surface area contributed by atoms with Gasteiger partial charge in [-0.3, -0.25) is 0 Å². The van der Waals surface area contributed by atoms with Gasteiger partial charge in [0.1, 0.15) is 17.1 Å². The van der Waals surface area contributed by atoms with Gasteiger partial charge in [-0.15, -0.1) is 0 Å². The molecule has 2 heterocycles. The molecule has 0 N–H and O–H groups in total. The minimum absolute atomic E-state index is 0.804. The highest BCUT2D eigenvalue weighted by atomic mass is 16.5. The molecule has 0 fully saturated rings. The smallest absolute Gasteiger partial charge is 0.134 e. The van der Waals surface area contributed by atoms with Crippen LogP contribution in [0.15, 0.2) is 22.6 Å². The zero-order chi connectivity index (χ0) is 8.84. The average molecular weight is 174 g/mol. The lowest BCUT2D eigenvalue weighted by Crippen LogP contribution is -1.85. The first-order valence-electron chi connectivity index (χ1n) is 4.49. The Kier molecular flexibility index (Phi) is 1.23. The zero-order valence-corrected chi connectivity index (χ0v) is 7.46. The lowest BCUT2D eigenvalue weighted by atomic mass is 10.1. The van der Waals surface area contributed by atoms with Crippen molar-refractivity contribution >= 4 is 11.0 Å². The van der Waals surface area contributed by atoms with Crippen LogP contribution < -0.4 is 4.74 Å². The van der Waals surface area contributed by atoms with Crippen LogP contribution in [-0.2, 0) is 6.42 Å². The Morgan fingerprint density at radius 2 is 2.23 bits per heavy atom. The summed E-state index contributed by atoms with van der Waals surface area (Å²) in [6.07, 6.45) is 1.01. The monoisotopic (exact) mass is 174 g/mol. The van der Waals surface area contributed by atoms with E-state index < -0.39 is 0 Å². The number of benzene rings is 1. The molecule has 0 amide bonds. The summed E-state index contributed by atoms with van der Waals surface area (Å²) < 4.78 is 11.0. The molecule has 0 bridgehead atoms. The van der Waals surface area contributed by atoms with E-state index in [4.69, 9.17) is 9.15 Å².